The Bertz CT molecular complexity index is 736. The molecule has 0 heterocycles. The Morgan fingerprint density at radius 1 is 1.10 bits per heavy atom. The maximum atomic E-state index is 11.9. The van der Waals surface area contributed by atoms with E-state index in [-0.39, 0.29) is 16.6 Å². The second-order valence-corrected chi connectivity index (χ2v) is 6.32. The molecule has 0 saturated heterocycles. The molecule has 2 aromatic carbocycles. The molecule has 0 unspecified atom stereocenters. The average molecular weight is 291 g/mol. The number of carbonyl (C=O) groups excluding carboxylic acids is 1. The standard InChI is InChI=1S/C14H13NO4S/c1-20(18,19)13-7-5-10(6-8-13)14(17)15-11-3-2-4-12(16)9-11/h2-9,16H,1H3,(H,15,17). The first-order valence-electron chi connectivity index (χ1n) is 5.77. The van der Waals surface area contributed by atoms with Crippen molar-refractivity contribution in [1.82, 2.24) is 0 Å². The van der Waals surface area contributed by atoms with Gasteiger partial charge in [-0.2, -0.15) is 0 Å². The Balaban J connectivity index is 2.18. The van der Waals surface area contributed by atoms with Crippen molar-refractivity contribution in [3.8, 4) is 5.75 Å². The van der Waals surface area contributed by atoms with Crippen LogP contribution in [0.2, 0.25) is 0 Å². The van der Waals surface area contributed by atoms with Crippen LogP contribution in [0.15, 0.2) is 53.4 Å². The van der Waals surface area contributed by atoms with Crippen LogP contribution in [-0.2, 0) is 9.84 Å². The minimum absolute atomic E-state index is 0.0511. The number of aromatic hydroxyl groups is 1. The third-order valence-corrected chi connectivity index (χ3v) is 3.78. The van der Waals surface area contributed by atoms with Crippen LogP contribution in [0.4, 0.5) is 5.69 Å². The molecule has 0 bridgehead atoms. The number of hydrogen-bond donors (Lipinski definition) is 2. The van der Waals surface area contributed by atoms with Crippen LogP contribution in [0.25, 0.3) is 0 Å². The van der Waals surface area contributed by atoms with Crippen LogP contribution in [0.1, 0.15) is 10.4 Å². The number of carbonyl (C=O) groups is 1. The minimum Gasteiger partial charge on any atom is -0.508 e. The lowest BCUT2D eigenvalue weighted by Gasteiger charge is -2.06. The normalized spacial score (nSPS) is 11.1. The van der Waals surface area contributed by atoms with Crippen LogP contribution in [0.5, 0.6) is 5.75 Å². The van der Waals surface area contributed by atoms with E-state index in [0.717, 1.165) is 6.26 Å². The van der Waals surface area contributed by atoms with E-state index in [1.54, 1.807) is 12.1 Å². The van der Waals surface area contributed by atoms with E-state index < -0.39 is 9.84 Å². The molecule has 5 nitrogen and oxygen atoms in total. The van der Waals surface area contributed by atoms with Crippen LogP contribution in [-0.4, -0.2) is 25.7 Å². The number of phenolic OH excluding ortho intramolecular Hbond substituents is 1. The van der Waals surface area contributed by atoms with Gasteiger partial charge in [0.1, 0.15) is 5.75 Å². The molecule has 0 aliphatic heterocycles. The highest BCUT2D eigenvalue weighted by molar-refractivity contribution is 7.90. The number of amides is 1. The molecule has 0 atom stereocenters. The van der Waals surface area contributed by atoms with E-state index >= 15 is 0 Å². The van der Waals surface area contributed by atoms with Gasteiger partial charge < -0.3 is 10.4 Å². The SMILES string of the molecule is CS(=O)(=O)c1ccc(C(=O)Nc2cccc(O)c2)cc1. The number of sulfone groups is 1. The zero-order valence-corrected chi connectivity index (χ0v) is 11.5. The summed E-state index contributed by atoms with van der Waals surface area (Å²) in [5.74, 6) is -0.328. The molecule has 0 saturated carbocycles. The molecule has 0 spiro atoms. The van der Waals surface area contributed by atoms with Gasteiger partial charge in [0.15, 0.2) is 9.84 Å². The van der Waals surface area contributed by atoms with Gasteiger partial charge in [-0.05, 0) is 36.4 Å². The van der Waals surface area contributed by atoms with E-state index in [1.807, 2.05) is 0 Å². The van der Waals surface area contributed by atoms with Crippen molar-refractivity contribution in [3.05, 3.63) is 54.1 Å². The monoisotopic (exact) mass is 291 g/mol. The van der Waals surface area contributed by atoms with Crippen molar-refractivity contribution >= 4 is 21.4 Å². The van der Waals surface area contributed by atoms with Crippen LogP contribution >= 0.6 is 0 Å². The van der Waals surface area contributed by atoms with E-state index in [2.05, 4.69) is 5.32 Å². The number of nitrogens with one attached hydrogen (secondary N) is 1. The molecule has 2 N–H and O–H groups in total. The Labute approximate surface area is 116 Å². The predicted molar refractivity (Wildman–Crippen MR) is 75.6 cm³/mol. The second kappa shape index (κ2) is 5.34. The Kier molecular flexibility index (Phi) is 3.76. The summed E-state index contributed by atoms with van der Waals surface area (Å²) in [4.78, 5) is 12.1. The molecule has 1 amide bonds. The third kappa shape index (κ3) is 3.36. The van der Waals surface area contributed by atoms with Gasteiger partial charge >= 0.3 is 0 Å². The predicted octanol–water partition coefficient (Wildman–Crippen LogP) is 2.05. The highest BCUT2D eigenvalue weighted by Gasteiger charge is 2.10. The summed E-state index contributed by atoms with van der Waals surface area (Å²) in [5, 5.41) is 11.9. The average Bonchev–Trinajstić information content (AvgIpc) is 2.38. The fourth-order valence-electron chi connectivity index (χ4n) is 1.64. The Morgan fingerprint density at radius 3 is 2.30 bits per heavy atom. The molecule has 0 fully saturated rings. The van der Waals surface area contributed by atoms with Gasteiger partial charge in [-0.3, -0.25) is 4.79 Å². The van der Waals surface area contributed by atoms with Crippen LogP contribution < -0.4 is 5.32 Å². The lowest BCUT2D eigenvalue weighted by molar-refractivity contribution is 0.102. The largest absolute Gasteiger partial charge is 0.508 e. The minimum atomic E-state index is -3.27. The van der Waals surface area contributed by atoms with E-state index in [9.17, 15) is 18.3 Å². The summed E-state index contributed by atoms with van der Waals surface area (Å²) in [6, 6.07) is 11.8. The van der Waals surface area contributed by atoms with Gasteiger partial charge in [0.05, 0.1) is 4.90 Å². The van der Waals surface area contributed by atoms with Gasteiger partial charge in [0.2, 0.25) is 0 Å². The quantitative estimate of drug-likeness (QED) is 0.906. The second-order valence-electron chi connectivity index (χ2n) is 4.30. The Hall–Kier alpha value is -2.34. The first kappa shape index (κ1) is 14.1. The van der Waals surface area contributed by atoms with E-state index in [1.165, 1.54) is 36.4 Å². The third-order valence-electron chi connectivity index (χ3n) is 2.65. The van der Waals surface area contributed by atoms with Crippen molar-refractivity contribution in [3.63, 3.8) is 0 Å². The summed E-state index contributed by atoms with van der Waals surface area (Å²) >= 11 is 0. The summed E-state index contributed by atoms with van der Waals surface area (Å²) in [6.45, 7) is 0. The fraction of sp³-hybridized carbons (Fsp3) is 0.0714. The number of phenols is 1. The van der Waals surface area contributed by atoms with Gasteiger partial charge in [-0.25, -0.2) is 8.42 Å². The molecule has 20 heavy (non-hydrogen) atoms. The Morgan fingerprint density at radius 2 is 1.75 bits per heavy atom. The molecular weight excluding hydrogens is 278 g/mol. The van der Waals surface area contributed by atoms with Crippen molar-refractivity contribution < 1.29 is 18.3 Å². The number of benzene rings is 2. The lowest BCUT2D eigenvalue weighted by Crippen LogP contribution is -2.12. The molecular formula is C14H13NO4S. The van der Waals surface area contributed by atoms with Gasteiger partial charge in [-0.15, -0.1) is 0 Å². The molecule has 2 rings (SSSR count). The summed E-state index contributed by atoms with van der Waals surface area (Å²) in [5.41, 5.74) is 0.794. The molecule has 0 aliphatic rings. The summed E-state index contributed by atoms with van der Waals surface area (Å²) < 4.78 is 22.6. The molecule has 104 valence electrons. The lowest BCUT2D eigenvalue weighted by atomic mass is 10.2. The highest BCUT2D eigenvalue weighted by atomic mass is 32.2. The van der Waals surface area contributed by atoms with Gasteiger partial charge in [0, 0.05) is 23.6 Å². The van der Waals surface area contributed by atoms with Gasteiger partial charge in [-0.1, -0.05) is 6.07 Å². The first-order chi connectivity index (χ1) is 9.36. The maximum absolute atomic E-state index is 11.9. The van der Waals surface area contributed by atoms with Gasteiger partial charge in [0.25, 0.3) is 5.91 Å². The smallest absolute Gasteiger partial charge is 0.255 e. The van der Waals surface area contributed by atoms with Crippen molar-refractivity contribution in [2.75, 3.05) is 11.6 Å². The fourth-order valence-corrected chi connectivity index (χ4v) is 2.27. The topological polar surface area (TPSA) is 83.5 Å². The first-order valence-corrected chi connectivity index (χ1v) is 7.66. The van der Waals surface area contributed by atoms with E-state index in [0.29, 0.717) is 11.3 Å². The van der Waals surface area contributed by atoms with Crippen molar-refractivity contribution in [2.45, 2.75) is 4.90 Å². The molecule has 0 aromatic heterocycles. The highest BCUT2D eigenvalue weighted by Crippen LogP contribution is 2.17. The van der Waals surface area contributed by atoms with Crippen LogP contribution in [0.3, 0.4) is 0 Å². The molecule has 0 aliphatic carbocycles. The maximum Gasteiger partial charge on any atom is 0.255 e. The summed E-state index contributed by atoms with van der Waals surface area (Å²) in [7, 11) is -3.27. The van der Waals surface area contributed by atoms with Crippen LogP contribution in [0, 0.1) is 0 Å². The number of hydrogen-bond acceptors (Lipinski definition) is 4. The van der Waals surface area contributed by atoms with E-state index in [4.69, 9.17) is 0 Å². The zero-order valence-electron chi connectivity index (χ0n) is 10.7. The van der Waals surface area contributed by atoms with Crippen molar-refractivity contribution in [2.24, 2.45) is 0 Å². The number of rotatable bonds is 3. The van der Waals surface area contributed by atoms with Crippen molar-refractivity contribution in [1.29, 1.82) is 0 Å². The zero-order chi connectivity index (χ0) is 14.8. The molecule has 6 heteroatoms. The summed E-state index contributed by atoms with van der Waals surface area (Å²) in [6.07, 6.45) is 1.11. The molecule has 2 aromatic rings. The molecule has 0 radical (unpaired) electrons. The number of anilines is 1.